The molecule has 2 aromatic rings. The Morgan fingerprint density at radius 1 is 1.29 bits per heavy atom. The number of thiazole rings is 1. The van der Waals surface area contributed by atoms with Crippen molar-refractivity contribution >= 4 is 34.1 Å². The van der Waals surface area contributed by atoms with Gasteiger partial charge in [-0.05, 0) is 31.9 Å². The molecule has 9 heteroatoms. The van der Waals surface area contributed by atoms with Crippen molar-refractivity contribution < 1.29 is 27.8 Å². The third-order valence-corrected chi connectivity index (χ3v) is 5.18. The molecule has 1 unspecified atom stereocenters. The molecule has 0 spiro atoms. The van der Waals surface area contributed by atoms with E-state index in [1.165, 1.54) is 24.5 Å². The molecule has 1 N–H and O–H groups in total. The minimum Gasteiger partial charge on any atom is -0.469 e. The molecule has 1 aromatic heterocycles. The molecule has 2 rings (SSSR count). The number of rotatable bonds is 9. The van der Waals surface area contributed by atoms with Crippen molar-refractivity contribution in [2.75, 3.05) is 19.0 Å². The number of esters is 2. The molecule has 1 atom stereocenters. The Labute approximate surface area is 165 Å². The van der Waals surface area contributed by atoms with Crippen LogP contribution in [0.4, 0.5) is 19.6 Å². The zero-order valence-corrected chi connectivity index (χ0v) is 16.7. The van der Waals surface area contributed by atoms with E-state index in [2.05, 4.69) is 15.0 Å². The van der Waals surface area contributed by atoms with Gasteiger partial charge in [-0.25, -0.2) is 13.8 Å². The second-order valence-corrected chi connectivity index (χ2v) is 6.88. The van der Waals surface area contributed by atoms with E-state index < -0.39 is 29.0 Å². The third-order valence-electron chi connectivity index (χ3n) is 4.42. The average molecular weight is 412 g/mol. The van der Waals surface area contributed by atoms with Crippen molar-refractivity contribution in [3.8, 4) is 0 Å². The average Bonchev–Trinajstić information content (AvgIpc) is 3.14. The van der Waals surface area contributed by atoms with Crippen LogP contribution in [-0.2, 0) is 24.5 Å². The number of nitrogens with one attached hydrogen (secondary N) is 1. The Kier molecular flexibility index (Phi) is 7.45. The van der Waals surface area contributed by atoms with Crippen LogP contribution in [0.3, 0.4) is 0 Å². The van der Waals surface area contributed by atoms with Gasteiger partial charge in [-0.3, -0.25) is 9.59 Å². The smallest absolute Gasteiger partial charge is 0.318 e. The Hall–Kier alpha value is -2.55. The van der Waals surface area contributed by atoms with Crippen molar-refractivity contribution in [1.29, 1.82) is 0 Å². The predicted octanol–water partition coefficient (Wildman–Crippen LogP) is 4.33. The summed E-state index contributed by atoms with van der Waals surface area (Å²) in [7, 11) is 1.28. The second kappa shape index (κ2) is 9.59. The number of carbonyl (C=O) groups excluding carboxylic acids is 2. The Morgan fingerprint density at radius 3 is 2.64 bits per heavy atom. The van der Waals surface area contributed by atoms with Crippen LogP contribution in [0.1, 0.15) is 38.8 Å². The summed E-state index contributed by atoms with van der Waals surface area (Å²) in [5.74, 6) is -2.36. The molecule has 0 saturated heterocycles. The molecule has 0 aliphatic heterocycles. The number of benzene rings is 1. The van der Waals surface area contributed by atoms with Crippen LogP contribution in [-0.4, -0.2) is 30.6 Å². The van der Waals surface area contributed by atoms with Gasteiger partial charge in [0.05, 0.1) is 25.1 Å². The van der Waals surface area contributed by atoms with Gasteiger partial charge in [-0.15, -0.1) is 11.3 Å². The fourth-order valence-electron chi connectivity index (χ4n) is 2.78. The van der Waals surface area contributed by atoms with Crippen LogP contribution in [0.2, 0.25) is 0 Å². The van der Waals surface area contributed by atoms with Gasteiger partial charge in [0.2, 0.25) is 0 Å². The van der Waals surface area contributed by atoms with E-state index >= 15 is 0 Å². The Morgan fingerprint density at radius 2 is 2.04 bits per heavy atom. The molecular formula is C19H22F2N2O4S. The maximum atomic E-state index is 13.9. The van der Waals surface area contributed by atoms with Gasteiger partial charge in [0.1, 0.15) is 17.0 Å². The summed E-state index contributed by atoms with van der Waals surface area (Å²) in [5.41, 5.74) is -0.635. The molecule has 0 amide bonds. The van der Waals surface area contributed by atoms with Gasteiger partial charge >= 0.3 is 11.9 Å². The highest BCUT2D eigenvalue weighted by molar-refractivity contribution is 7.13. The van der Waals surface area contributed by atoms with E-state index in [1.807, 2.05) is 0 Å². The first-order chi connectivity index (χ1) is 13.4. The molecule has 0 bridgehead atoms. The summed E-state index contributed by atoms with van der Waals surface area (Å²) in [6, 6.07) is 3.16. The molecule has 1 aromatic carbocycles. The normalized spacial score (nSPS) is 12.9. The van der Waals surface area contributed by atoms with Crippen molar-refractivity contribution in [3.63, 3.8) is 0 Å². The number of hydrogen-bond donors (Lipinski definition) is 1. The summed E-state index contributed by atoms with van der Waals surface area (Å²) >= 11 is 1.17. The number of ether oxygens (including phenoxy) is 2. The summed E-state index contributed by atoms with van der Waals surface area (Å²) in [6.45, 7) is 3.69. The molecule has 1 heterocycles. The number of halogens is 2. The maximum absolute atomic E-state index is 13.9. The van der Waals surface area contributed by atoms with Crippen LogP contribution in [0.15, 0.2) is 23.6 Å². The quantitative estimate of drug-likeness (QED) is 0.618. The third kappa shape index (κ3) is 4.83. The van der Waals surface area contributed by atoms with Crippen LogP contribution in [0.5, 0.6) is 0 Å². The minimum atomic E-state index is -1.12. The van der Waals surface area contributed by atoms with E-state index in [0.717, 1.165) is 12.1 Å². The number of aromatic nitrogens is 1. The van der Waals surface area contributed by atoms with E-state index in [9.17, 15) is 18.4 Å². The lowest BCUT2D eigenvalue weighted by Crippen LogP contribution is -2.38. The van der Waals surface area contributed by atoms with Gasteiger partial charge in [-0.2, -0.15) is 0 Å². The van der Waals surface area contributed by atoms with Crippen molar-refractivity contribution in [2.45, 2.75) is 38.5 Å². The van der Waals surface area contributed by atoms with Crippen molar-refractivity contribution in [3.05, 3.63) is 40.9 Å². The first kappa shape index (κ1) is 21.7. The summed E-state index contributed by atoms with van der Waals surface area (Å²) < 4.78 is 36.8. The maximum Gasteiger partial charge on any atom is 0.318 e. The summed E-state index contributed by atoms with van der Waals surface area (Å²) in [4.78, 5) is 28.8. The van der Waals surface area contributed by atoms with Crippen molar-refractivity contribution in [1.82, 2.24) is 4.98 Å². The predicted molar refractivity (Wildman–Crippen MR) is 102 cm³/mol. The number of methoxy groups -OCH3 is 1. The molecule has 0 fully saturated rings. The van der Waals surface area contributed by atoms with E-state index in [0.29, 0.717) is 17.2 Å². The Balaban J connectivity index is 2.32. The van der Waals surface area contributed by atoms with Crippen LogP contribution >= 0.6 is 11.3 Å². The summed E-state index contributed by atoms with van der Waals surface area (Å²) in [6.07, 6.45) is 0.552. The topological polar surface area (TPSA) is 77.5 Å². The largest absolute Gasteiger partial charge is 0.469 e. The van der Waals surface area contributed by atoms with Gasteiger partial charge in [0.25, 0.3) is 0 Å². The zero-order chi connectivity index (χ0) is 20.7. The molecule has 152 valence electrons. The minimum absolute atomic E-state index is 0.0238. The second-order valence-electron chi connectivity index (χ2n) is 6.02. The van der Waals surface area contributed by atoms with E-state index in [1.54, 1.807) is 19.2 Å². The van der Waals surface area contributed by atoms with Crippen LogP contribution in [0, 0.1) is 11.6 Å². The first-order valence-electron chi connectivity index (χ1n) is 8.78. The molecule has 28 heavy (non-hydrogen) atoms. The monoisotopic (exact) mass is 412 g/mol. The van der Waals surface area contributed by atoms with Gasteiger partial charge < -0.3 is 14.8 Å². The van der Waals surface area contributed by atoms with Gasteiger partial charge in [0, 0.05) is 17.9 Å². The van der Waals surface area contributed by atoms with Gasteiger partial charge in [-0.1, -0.05) is 6.92 Å². The lowest BCUT2D eigenvalue weighted by Gasteiger charge is -2.28. The number of hydrogen-bond acceptors (Lipinski definition) is 7. The number of carbonyl (C=O) groups is 2. The van der Waals surface area contributed by atoms with Crippen LogP contribution in [0.25, 0.3) is 0 Å². The molecule has 0 aliphatic rings. The zero-order valence-electron chi connectivity index (χ0n) is 15.9. The highest BCUT2D eigenvalue weighted by atomic mass is 32.1. The number of nitrogens with zero attached hydrogens (tertiary/aromatic N) is 1. The highest BCUT2D eigenvalue weighted by Gasteiger charge is 2.42. The molecular weight excluding hydrogens is 390 g/mol. The molecule has 0 radical (unpaired) electrons. The Bertz CT molecular complexity index is 843. The van der Waals surface area contributed by atoms with Gasteiger partial charge in [0.15, 0.2) is 5.13 Å². The summed E-state index contributed by atoms with van der Waals surface area (Å²) in [5, 5.41) is 4.79. The lowest BCUT2D eigenvalue weighted by molar-refractivity contribution is -0.151. The SMILES string of the molecule is CCOC(=O)C(CC)(CCC(=O)OC)c1csc(Nc2ccc(F)cc2F)n1. The fourth-order valence-corrected chi connectivity index (χ4v) is 3.60. The van der Waals surface area contributed by atoms with E-state index in [4.69, 9.17) is 4.74 Å². The van der Waals surface area contributed by atoms with Crippen LogP contribution < -0.4 is 5.32 Å². The first-order valence-corrected chi connectivity index (χ1v) is 9.66. The molecule has 0 saturated carbocycles. The van der Waals surface area contributed by atoms with E-state index in [-0.39, 0.29) is 25.1 Å². The highest BCUT2D eigenvalue weighted by Crippen LogP contribution is 2.37. The number of anilines is 2. The molecule has 6 nitrogen and oxygen atoms in total. The molecule has 0 aliphatic carbocycles. The fraction of sp³-hybridized carbons (Fsp3) is 0.421. The lowest BCUT2D eigenvalue weighted by atomic mass is 9.78. The standard InChI is InChI=1S/C19H22F2N2O4S/c1-4-19(17(25)27-5-2,9-8-16(24)26-3)15-11-28-18(23-15)22-14-7-6-12(20)10-13(14)21/h6-7,10-11H,4-5,8-9H2,1-3H3,(H,22,23). The van der Waals surface area contributed by atoms with Crippen molar-refractivity contribution in [2.24, 2.45) is 0 Å².